The molecule has 0 N–H and O–H groups in total. The molecule has 0 atom stereocenters. The van der Waals surface area contributed by atoms with Crippen LogP contribution in [0.2, 0.25) is 0 Å². The van der Waals surface area contributed by atoms with Gasteiger partial charge in [-0.05, 0) is 50.2 Å². The Morgan fingerprint density at radius 1 is 0.973 bits per heavy atom. The number of hydrogen-bond acceptors (Lipinski definition) is 7. The molecule has 12 heteroatoms. The van der Waals surface area contributed by atoms with Crippen molar-refractivity contribution in [3.63, 3.8) is 0 Å². The number of ether oxygens (including phenoxy) is 2. The molecular weight excluding hydrogens is 516 g/mol. The molecule has 2 amide bonds. The molecule has 0 radical (unpaired) electrons. The van der Waals surface area contributed by atoms with Crippen molar-refractivity contribution in [2.24, 2.45) is 4.99 Å². The maximum atomic E-state index is 13.1. The highest BCUT2D eigenvalue weighted by Crippen LogP contribution is 2.20. The summed E-state index contributed by atoms with van der Waals surface area (Å²) in [6, 6.07) is 13.6. The molecular formula is C25H30N4O6S2. The van der Waals surface area contributed by atoms with E-state index in [0.717, 1.165) is 10.2 Å². The average Bonchev–Trinajstić information content (AvgIpc) is 3.26. The minimum absolute atomic E-state index is 0.0854. The second-order valence-corrected chi connectivity index (χ2v) is 11.2. The summed E-state index contributed by atoms with van der Waals surface area (Å²) in [5.74, 6) is -0.455. The standard InChI is InChI=1S/C25H30N4O6S2/c1-3-34-18-17-29-21-7-5-6-8-22(21)36-24(29)26-23(30)19-9-11-20(12-10-19)37(32,33)28-15-13-27(14-16-28)25(31)35-4-2/h5-12H,3-4,13-18H2,1-2H3. The Bertz CT molecular complexity index is 1420. The smallest absolute Gasteiger partial charge is 0.409 e. The summed E-state index contributed by atoms with van der Waals surface area (Å²) in [6.07, 6.45) is -0.441. The molecule has 1 fully saturated rings. The number of hydrogen-bond donors (Lipinski definition) is 0. The third-order valence-electron chi connectivity index (χ3n) is 5.95. The van der Waals surface area contributed by atoms with E-state index in [4.69, 9.17) is 9.47 Å². The van der Waals surface area contributed by atoms with Gasteiger partial charge in [-0.1, -0.05) is 23.5 Å². The van der Waals surface area contributed by atoms with Gasteiger partial charge in [0.25, 0.3) is 5.91 Å². The number of benzene rings is 2. The fourth-order valence-corrected chi connectivity index (χ4v) is 6.49. The van der Waals surface area contributed by atoms with Gasteiger partial charge in [0, 0.05) is 44.9 Å². The van der Waals surface area contributed by atoms with Crippen LogP contribution in [0, 0.1) is 0 Å². The molecule has 0 unspecified atom stereocenters. The summed E-state index contributed by atoms with van der Waals surface area (Å²) in [5.41, 5.74) is 1.27. The Morgan fingerprint density at radius 3 is 2.35 bits per heavy atom. The average molecular weight is 547 g/mol. The number of para-hydroxylation sites is 1. The van der Waals surface area contributed by atoms with E-state index in [0.29, 0.717) is 30.1 Å². The van der Waals surface area contributed by atoms with E-state index in [2.05, 4.69) is 4.99 Å². The van der Waals surface area contributed by atoms with Crippen LogP contribution < -0.4 is 4.80 Å². The van der Waals surface area contributed by atoms with Crippen molar-refractivity contribution < 1.29 is 27.5 Å². The number of nitrogens with zero attached hydrogens (tertiary/aromatic N) is 4. The molecule has 3 aromatic rings. The molecule has 1 aromatic heterocycles. The predicted octanol–water partition coefficient (Wildman–Crippen LogP) is 2.94. The first-order valence-corrected chi connectivity index (χ1v) is 14.4. The predicted molar refractivity (Wildman–Crippen MR) is 140 cm³/mol. The van der Waals surface area contributed by atoms with Crippen LogP contribution in [0.5, 0.6) is 0 Å². The summed E-state index contributed by atoms with van der Waals surface area (Å²) in [7, 11) is -3.76. The van der Waals surface area contributed by atoms with Crippen LogP contribution >= 0.6 is 11.3 Å². The zero-order valence-electron chi connectivity index (χ0n) is 20.8. The molecule has 2 aromatic carbocycles. The SMILES string of the molecule is CCOCCn1c(=NC(=O)c2ccc(S(=O)(=O)N3CCN(C(=O)OCC)CC3)cc2)sc2ccccc21. The largest absolute Gasteiger partial charge is 0.450 e. The lowest BCUT2D eigenvalue weighted by atomic mass is 10.2. The molecule has 0 spiro atoms. The summed E-state index contributed by atoms with van der Waals surface area (Å²) >= 11 is 1.42. The highest BCUT2D eigenvalue weighted by Gasteiger charge is 2.30. The van der Waals surface area contributed by atoms with Crippen molar-refractivity contribution in [2.45, 2.75) is 25.3 Å². The van der Waals surface area contributed by atoms with Crippen molar-refractivity contribution in [2.75, 3.05) is 46.0 Å². The van der Waals surface area contributed by atoms with Crippen molar-refractivity contribution in [3.8, 4) is 0 Å². The van der Waals surface area contributed by atoms with Gasteiger partial charge in [0.2, 0.25) is 10.0 Å². The van der Waals surface area contributed by atoms with Crippen molar-refractivity contribution in [3.05, 3.63) is 58.9 Å². The topological polar surface area (TPSA) is 111 Å². The number of carbonyl (C=O) groups is 2. The second kappa shape index (κ2) is 12.0. The second-order valence-electron chi connectivity index (χ2n) is 8.23. The summed E-state index contributed by atoms with van der Waals surface area (Å²) in [5, 5.41) is 0. The van der Waals surface area contributed by atoms with Gasteiger partial charge in [-0.3, -0.25) is 4.79 Å². The molecule has 37 heavy (non-hydrogen) atoms. The van der Waals surface area contributed by atoms with Gasteiger partial charge >= 0.3 is 6.09 Å². The van der Waals surface area contributed by atoms with E-state index in [1.165, 1.54) is 44.8 Å². The Hall–Kier alpha value is -3.06. The number of piperazine rings is 1. The first-order valence-electron chi connectivity index (χ1n) is 12.1. The molecule has 1 saturated heterocycles. The molecule has 4 rings (SSSR count). The molecule has 0 bridgehead atoms. The fourth-order valence-electron chi connectivity index (χ4n) is 4.02. The highest BCUT2D eigenvalue weighted by molar-refractivity contribution is 7.89. The van der Waals surface area contributed by atoms with Gasteiger partial charge in [-0.15, -0.1) is 0 Å². The fraction of sp³-hybridized carbons (Fsp3) is 0.400. The molecule has 1 aliphatic rings. The minimum Gasteiger partial charge on any atom is -0.450 e. The van der Waals surface area contributed by atoms with E-state index < -0.39 is 22.0 Å². The number of sulfonamides is 1. The zero-order chi connectivity index (χ0) is 26.4. The van der Waals surface area contributed by atoms with E-state index in [1.807, 2.05) is 35.8 Å². The van der Waals surface area contributed by atoms with Crippen molar-refractivity contribution in [1.29, 1.82) is 0 Å². The lowest BCUT2D eigenvalue weighted by molar-refractivity contribution is 0.0933. The number of carbonyl (C=O) groups excluding carboxylic acids is 2. The normalized spacial score (nSPS) is 15.3. The molecule has 1 aliphatic heterocycles. The lowest BCUT2D eigenvalue weighted by Crippen LogP contribution is -2.50. The van der Waals surface area contributed by atoms with E-state index in [1.54, 1.807) is 6.92 Å². The van der Waals surface area contributed by atoms with Crippen LogP contribution in [-0.4, -0.2) is 80.2 Å². The van der Waals surface area contributed by atoms with Crippen LogP contribution in [0.15, 0.2) is 58.4 Å². The van der Waals surface area contributed by atoms with Gasteiger partial charge in [0.1, 0.15) is 0 Å². The Labute approximate surface area is 219 Å². The summed E-state index contributed by atoms with van der Waals surface area (Å²) < 4.78 is 41.0. The van der Waals surface area contributed by atoms with Crippen molar-refractivity contribution in [1.82, 2.24) is 13.8 Å². The summed E-state index contributed by atoms with van der Waals surface area (Å²) in [6.45, 7) is 6.44. The van der Waals surface area contributed by atoms with Gasteiger partial charge < -0.3 is 18.9 Å². The Kier molecular flexibility index (Phi) is 8.75. The van der Waals surface area contributed by atoms with Gasteiger partial charge in [-0.2, -0.15) is 9.30 Å². The van der Waals surface area contributed by atoms with E-state index in [-0.39, 0.29) is 37.7 Å². The minimum atomic E-state index is -3.76. The molecule has 0 saturated carbocycles. The Balaban J connectivity index is 1.51. The third kappa shape index (κ3) is 6.09. The molecule has 198 valence electrons. The zero-order valence-corrected chi connectivity index (χ0v) is 22.5. The highest BCUT2D eigenvalue weighted by atomic mass is 32.2. The maximum Gasteiger partial charge on any atom is 0.409 e. The quantitative estimate of drug-likeness (QED) is 0.402. The maximum absolute atomic E-state index is 13.1. The monoisotopic (exact) mass is 546 g/mol. The number of fused-ring (bicyclic) bond motifs is 1. The number of amides is 2. The Morgan fingerprint density at radius 2 is 1.68 bits per heavy atom. The molecule has 2 heterocycles. The lowest BCUT2D eigenvalue weighted by Gasteiger charge is -2.33. The van der Waals surface area contributed by atoms with E-state index in [9.17, 15) is 18.0 Å². The van der Waals surface area contributed by atoms with Crippen LogP contribution in [0.1, 0.15) is 24.2 Å². The van der Waals surface area contributed by atoms with E-state index >= 15 is 0 Å². The van der Waals surface area contributed by atoms with Crippen LogP contribution in [0.3, 0.4) is 0 Å². The molecule has 10 nitrogen and oxygen atoms in total. The molecule has 0 aliphatic carbocycles. The number of thiazole rings is 1. The van der Waals surface area contributed by atoms with Crippen LogP contribution in [0.25, 0.3) is 10.2 Å². The number of aromatic nitrogens is 1. The van der Waals surface area contributed by atoms with Gasteiger partial charge in [0.15, 0.2) is 4.80 Å². The van der Waals surface area contributed by atoms with Gasteiger partial charge in [-0.25, -0.2) is 13.2 Å². The van der Waals surface area contributed by atoms with Crippen molar-refractivity contribution >= 4 is 43.6 Å². The van der Waals surface area contributed by atoms with Gasteiger partial charge in [0.05, 0.1) is 28.3 Å². The number of rotatable bonds is 8. The first kappa shape index (κ1) is 27.0. The van der Waals surface area contributed by atoms with Crippen LogP contribution in [0.4, 0.5) is 4.79 Å². The summed E-state index contributed by atoms with van der Waals surface area (Å²) in [4.78, 5) is 31.3. The van der Waals surface area contributed by atoms with Crippen LogP contribution in [-0.2, 0) is 26.0 Å². The first-order chi connectivity index (χ1) is 17.8. The third-order valence-corrected chi connectivity index (χ3v) is 8.92.